The highest BCUT2D eigenvalue weighted by atomic mass is 32.2. The summed E-state index contributed by atoms with van der Waals surface area (Å²) in [4.78, 5) is 39.7. The van der Waals surface area contributed by atoms with Crippen LogP contribution in [0.1, 0.15) is 52.6 Å². The van der Waals surface area contributed by atoms with Crippen LogP contribution in [0, 0.1) is 6.92 Å². The number of thioether (sulfide) groups is 1. The van der Waals surface area contributed by atoms with Crippen molar-refractivity contribution < 1.29 is 32.7 Å². The van der Waals surface area contributed by atoms with Crippen molar-refractivity contribution in [2.24, 2.45) is 0 Å². The zero-order valence-electron chi connectivity index (χ0n) is 22.2. The highest BCUT2D eigenvalue weighted by Gasteiger charge is 2.54. The normalized spacial score (nSPS) is 14.7. The predicted molar refractivity (Wildman–Crippen MR) is 149 cm³/mol. The molecule has 0 aromatic heterocycles. The Morgan fingerprint density at radius 2 is 1.41 bits per heavy atom. The number of nitrogens with zero attached hydrogens (tertiary/aromatic N) is 1. The number of ether oxygens (including phenoxy) is 1. The number of imide groups is 1. The molecule has 204 valence electrons. The van der Waals surface area contributed by atoms with Crippen molar-refractivity contribution in [2.45, 2.75) is 37.5 Å². The van der Waals surface area contributed by atoms with Crippen LogP contribution in [0.4, 0.5) is 0 Å². The number of fused-ring (bicyclic) bond motifs is 1. The highest BCUT2D eigenvalue weighted by molar-refractivity contribution is 8.00. The smallest absolute Gasteiger partial charge is 0.334 e. The average Bonchev–Trinajstić information content (AvgIpc) is 3.15. The van der Waals surface area contributed by atoms with Gasteiger partial charge in [0.05, 0.1) is 30.5 Å². The maximum absolute atomic E-state index is 14.1. The van der Waals surface area contributed by atoms with Gasteiger partial charge in [-0.05, 0) is 62.7 Å². The molecule has 3 aromatic carbocycles. The Hall–Kier alpha value is -3.23. The molecule has 0 spiro atoms. The summed E-state index contributed by atoms with van der Waals surface area (Å²) in [7, 11) is -3.84. The molecule has 0 bridgehead atoms. The second-order valence-corrected chi connectivity index (χ2v) is 12.3. The standard InChI is InChI=1S/C29H30NO7PS/c1-5-35-38(34,36-6-2)19-29(39-24-17-11-20(3)12-18-24,22-13-15-23(16-14-22)37-21(4)31)30-27(32)25-9-7-8-10-26(25)28(30)33/h7-18H,5-6,19H2,1-4H3. The second kappa shape index (κ2) is 11.9. The van der Waals surface area contributed by atoms with Gasteiger partial charge in [-0.25, -0.2) is 0 Å². The van der Waals surface area contributed by atoms with Gasteiger partial charge >= 0.3 is 13.6 Å². The number of hydrogen-bond acceptors (Lipinski definition) is 8. The molecule has 1 aliphatic rings. The Labute approximate surface area is 232 Å². The minimum absolute atomic E-state index is 0.107. The first-order valence-corrected chi connectivity index (χ1v) is 15.1. The van der Waals surface area contributed by atoms with Gasteiger partial charge in [-0.15, -0.1) is 0 Å². The lowest BCUT2D eigenvalue weighted by Gasteiger charge is -2.41. The average molecular weight is 568 g/mol. The summed E-state index contributed by atoms with van der Waals surface area (Å²) in [6.45, 7) is 6.88. The maximum Gasteiger partial charge on any atom is 0.334 e. The van der Waals surface area contributed by atoms with E-state index in [-0.39, 0.29) is 30.5 Å². The molecule has 1 aliphatic heterocycles. The number of rotatable bonds is 11. The molecule has 1 atom stereocenters. The topological polar surface area (TPSA) is 99.2 Å². The molecule has 4 rings (SSSR count). The number of carbonyl (C=O) groups excluding carboxylic acids is 3. The van der Waals surface area contributed by atoms with Crippen molar-refractivity contribution in [2.75, 3.05) is 19.4 Å². The Bertz CT molecular complexity index is 1380. The first-order valence-electron chi connectivity index (χ1n) is 12.5. The van der Waals surface area contributed by atoms with Gasteiger partial charge in [-0.2, -0.15) is 0 Å². The molecule has 0 fully saturated rings. The lowest BCUT2D eigenvalue weighted by atomic mass is 10.1. The van der Waals surface area contributed by atoms with Crippen molar-refractivity contribution in [3.05, 3.63) is 95.1 Å². The second-order valence-electron chi connectivity index (χ2n) is 8.91. The van der Waals surface area contributed by atoms with Crippen molar-refractivity contribution in [3.63, 3.8) is 0 Å². The number of hydrogen-bond donors (Lipinski definition) is 0. The molecular formula is C29H30NO7PS. The summed E-state index contributed by atoms with van der Waals surface area (Å²) in [6, 6.07) is 20.7. The van der Waals surface area contributed by atoms with E-state index in [0.717, 1.165) is 15.4 Å². The molecule has 8 nitrogen and oxygen atoms in total. The zero-order chi connectivity index (χ0) is 28.2. The molecule has 1 heterocycles. The molecule has 39 heavy (non-hydrogen) atoms. The fourth-order valence-corrected chi connectivity index (χ4v) is 8.28. The fraction of sp³-hybridized carbons (Fsp3) is 0.276. The van der Waals surface area contributed by atoms with Crippen LogP contribution in [0.3, 0.4) is 0 Å². The van der Waals surface area contributed by atoms with Crippen molar-refractivity contribution in [1.82, 2.24) is 4.90 Å². The van der Waals surface area contributed by atoms with E-state index in [0.29, 0.717) is 11.3 Å². The summed E-state index contributed by atoms with van der Waals surface area (Å²) in [5.74, 6) is -1.22. The molecule has 0 radical (unpaired) electrons. The van der Waals surface area contributed by atoms with E-state index in [2.05, 4.69) is 0 Å². The summed E-state index contributed by atoms with van der Waals surface area (Å²) in [6.07, 6.45) is -0.307. The van der Waals surface area contributed by atoms with E-state index < -0.39 is 30.3 Å². The Kier molecular flexibility index (Phi) is 8.76. The van der Waals surface area contributed by atoms with Gasteiger partial charge in [0.25, 0.3) is 11.8 Å². The predicted octanol–water partition coefficient (Wildman–Crippen LogP) is 6.43. The van der Waals surface area contributed by atoms with Gasteiger partial charge in [-0.1, -0.05) is 53.7 Å². The number of aryl methyl sites for hydroxylation is 1. The van der Waals surface area contributed by atoms with Crippen LogP contribution in [0.2, 0.25) is 0 Å². The quantitative estimate of drug-likeness (QED) is 0.0860. The van der Waals surface area contributed by atoms with Crippen LogP contribution >= 0.6 is 19.4 Å². The lowest BCUT2D eigenvalue weighted by Crippen LogP contribution is -2.50. The van der Waals surface area contributed by atoms with Crippen LogP contribution < -0.4 is 4.74 Å². The third-order valence-corrected chi connectivity index (χ3v) is 9.86. The number of benzene rings is 3. The number of carbonyl (C=O) groups is 3. The molecule has 0 saturated carbocycles. The molecule has 0 N–H and O–H groups in total. The maximum atomic E-state index is 14.1. The van der Waals surface area contributed by atoms with E-state index in [9.17, 15) is 18.9 Å². The Morgan fingerprint density at radius 1 is 0.872 bits per heavy atom. The van der Waals surface area contributed by atoms with Crippen molar-refractivity contribution >= 4 is 37.1 Å². The van der Waals surface area contributed by atoms with E-state index in [1.807, 2.05) is 31.2 Å². The van der Waals surface area contributed by atoms with Crippen LogP contribution in [-0.4, -0.2) is 42.1 Å². The molecule has 0 aliphatic carbocycles. The van der Waals surface area contributed by atoms with E-state index in [4.69, 9.17) is 13.8 Å². The third kappa shape index (κ3) is 6.02. The fourth-order valence-electron chi connectivity index (χ4n) is 4.48. The molecule has 0 saturated heterocycles. The lowest BCUT2D eigenvalue weighted by molar-refractivity contribution is -0.131. The van der Waals surface area contributed by atoms with Crippen LogP contribution in [0.5, 0.6) is 5.75 Å². The molecule has 10 heteroatoms. The monoisotopic (exact) mass is 567 g/mol. The Balaban J connectivity index is 1.97. The summed E-state index contributed by atoms with van der Waals surface area (Å²) in [5, 5.41) is 0. The van der Waals surface area contributed by atoms with Crippen LogP contribution in [0.25, 0.3) is 0 Å². The van der Waals surface area contributed by atoms with Crippen LogP contribution in [-0.2, 0) is 23.3 Å². The van der Waals surface area contributed by atoms with Gasteiger partial charge in [0, 0.05) is 11.8 Å². The summed E-state index contributed by atoms with van der Waals surface area (Å²) >= 11 is 1.22. The van der Waals surface area contributed by atoms with Gasteiger partial charge in [-0.3, -0.25) is 23.8 Å². The number of amides is 2. The van der Waals surface area contributed by atoms with Gasteiger partial charge in [0.15, 0.2) is 0 Å². The largest absolute Gasteiger partial charge is 0.427 e. The third-order valence-electron chi connectivity index (χ3n) is 6.09. The van der Waals surface area contributed by atoms with Crippen molar-refractivity contribution in [3.8, 4) is 5.75 Å². The van der Waals surface area contributed by atoms with Gasteiger partial charge in [0.2, 0.25) is 0 Å². The molecule has 1 unspecified atom stereocenters. The molecule has 2 amide bonds. The van der Waals surface area contributed by atoms with Crippen LogP contribution in [0.15, 0.2) is 77.7 Å². The SMILES string of the molecule is CCOP(=O)(CC(Sc1ccc(C)cc1)(c1ccc(OC(C)=O)cc1)N1C(=O)c2ccccc2C1=O)OCC. The highest BCUT2D eigenvalue weighted by Crippen LogP contribution is 2.59. The minimum atomic E-state index is -3.84. The molecular weight excluding hydrogens is 537 g/mol. The molecule has 3 aromatic rings. The first kappa shape index (κ1) is 28.8. The van der Waals surface area contributed by atoms with E-state index in [1.165, 1.54) is 18.7 Å². The van der Waals surface area contributed by atoms with Gasteiger partial charge < -0.3 is 13.8 Å². The zero-order valence-corrected chi connectivity index (χ0v) is 23.9. The van der Waals surface area contributed by atoms with E-state index in [1.54, 1.807) is 62.4 Å². The van der Waals surface area contributed by atoms with Crippen molar-refractivity contribution in [1.29, 1.82) is 0 Å². The summed E-state index contributed by atoms with van der Waals surface area (Å²) in [5.41, 5.74) is 2.04. The number of esters is 1. The van der Waals surface area contributed by atoms with E-state index >= 15 is 0 Å². The first-order chi connectivity index (χ1) is 18.6. The summed E-state index contributed by atoms with van der Waals surface area (Å²) < 4.78 is 30.7. The minimum Gasteiger partial charge on any atom is -0.427 e. The Morgan fingerprint density at radius 3 is 1.90 bits per heavy atom. The van der Waals surface area contributed by atoms with Gasteiger partial charge in [0.1, 0.15) is 10.6 Å².